The van der Waals surface area contributed by atoms with Gasteiger partial charge in [0, 0.05) is 17.5 Å². The molecule has 6 rings (SSSR count). The van der Waals surface area contributed by atoms with Gasteiger partial charge in [0.15, 0.2) is 23.0 Å². The van der Waals surface area contributed by atoms with Gasteiger partial charge in [-0.15, -0.1) is 0 Å². The number of aromatic hydroxyl groups is 1. The average Bonchev–Trinajstić information content (AvgIpc) is 3.40. The fraction of sp³-hybridized carbons (Fsp3) is 0.214. The van der Waals surface area contributed by atoms with E-state index in [1.807, 2.05) is 0 Å². The number of benzene rings is 3. The van der Waals surface area contributed by atoms with E-state index in [2.05, 4.69) is 0 Å². The Morgan fingerprint density at radius 3 is 2.45 bits per heavy atom. The Morgan fingerprint density at radius 2 is 1.68 bits per heavy atom. The molecule has 38 heavy (non-hydrogen) atoms. The maximum atomic E-state index is 13.7. The lowest BCUT2D eigenvalue weighted by atomic mass is 9.84. The molecule has 0 aliphatic carbocycles. The van der Waals surface area contributed by atoms with Crippen LogP contribution in [0.2, 0.25) is 0 Å². The van der Waals surface area contributed by atoms with Gasteiger partial charge in [0.2, 0.25) is 18.0 Å². The maximum absolute atomic E-state index is 13.7. The standard InChI is InChI=1S/C28H22O10/c1-32-18-5-4-13(6-19(18)33-2)16-11-35-28-24-15(14-7-21(34-3)27-22(8-14)36-12-37-27)9-23(30)38-20(24)10-17(29)25(28)26(16)31/h4-8,10-11,15,29H,9,12H2,1-3H3/t15-/m0/s1. The molecule has 0 saturated carbocycles. The summed E-state index contributed by atoms with van der Waals surface area (Å²) >= 11 is 0. The minimum Gasteiger partial charge on any atom is -0.507 e. The topological polar surface area (TPSA) is 123 Å². The van der Waals surface area contributed by atoms with Gasteiger partial charge in [-0.1, -0.05) is 6.07 Å². The zero-order valence-electron chi connectivity index (χ0n) is 20.7. The van der Waals surface area contributed by atoms with Crippen LogP contribution in [0.1, 0.15) is 23.5 Å². The molecule has 10 heteroatoms. The Morgan fingerprint density at radius 1 is 0.895 bits per heavy atom. The van der Waals surface area contributed by atoms with Crippen LogP contribution >= 0.6 is 0 Å². The van der Waals surface area contributed by atoms with Crippen molar-refractivity contribution in [3.63, 3.8) is 0 Å². The van der Waals surface area contributed by atoms with Crippen LogP contribution in [0.4, 0.5) is 0 Å². The molecule has 1 N–H and O–H groups in total. The fourth-order valence-electron chi connectivity index (χ4n) is 4.97. The number of phenolic OH excluding ortho intramolecular Hbond substituents is 1. The van der Waals surface area contributed by atoms with Gasteiger partial charge in [-0.3, -0.25) is 9.59 Å². The Hall–Kier alpha value is -4.86. The van der Waals surface area contributed by atoms with Crippen LogP contribution < -0.4 is 33.8 Å². The third kappa shape index (κ3) is 3.56. The molecule has 0 unspecified atom stereocenters. The van der Waals surface area contributed by atoms with Crippen molar-refractivity contribution in [2.24, 2.45) is 0 Å². The molecular formula is C28H22O10. The molecular weight excluding hydrogens is 496 g/mol. The Balaban J connectivity index is 1.56. The van der Waals surface area contributed by atoms with Gasteiger partial charge >= 0.3 is 5.97 Å². The lowest BCUT2D eigenvalue weighted by molar-refractivity contribution is -0.135. The van der Waals surface area contributed by atoms with Crippen LogP contribution in [0.3, 0.4) is 0 Å². The van der Waals surface area contributed by atoms with E-state index in [4.69, 9.17) is 32.8 Å². The first-order valence-electron chi connectivity index (χ1n) is 11.7. The summed E-state index contributed by atoms with van der Waals surface area (Å²) in [4.78, 5) is 26.3. The van der Waals surface area contributed by atoms with Crippen molar-refractivity contribution in [2.75, 3.05) is 28.1 Å². The zero-order valence-corrected chi connectivity index (χ0v) is 20.7. The van der Waals surface area contributed by atoms with Gasteiger partial charge in [-0.05, 0) is 35.4 Å². The summed E-state index contributed by atoms with van der Waals surface area (Å²) < 4.78 is 38.6. The molecule has 0 radical (unpaired) electrons. The first-order valence-corrected chi connectivity index (χ1v) is 11.7. The Labute approximate surface area is 215 Å². The van der Waals surface area contributed by atoms with Gasteiger partial charge in [-0.2, -0.15) is 0 Å². The summed E-state index contributed by atoms with van der Waals surface area (Å²) in [6, 6.07) is 9.78. The van der Waals surface area contributed by atoms with Gasteiger partial charge < -0.3 is 37.9 Å². The summed E-state index contributed by atoms with van der Waals surface area (Å²) in [6.07, 6.45) is 1.29. The SMILES string of the molecule is COc1ccc(-c2coc3c4c(cc(O)c3c2=O)OC(=O)C[C@H]4c2cc(OC)c3c(c2)OCO3)cc1OC. The van der Waals surface area contributed by atoms with Gasteiger partial charge in [0.25, 0.3) is 0 Å². The normalized spacial score (nSPS) is 15.7. The second-order valence-electron chi connectivity index (χ2n) is 8.75. The number of rotatable bonds is 5. The van der Waals surface area contributed by atoms with Crippen LogP contribution in [0.5, 0.6) is 40.2 Å². The maximum Gasteiger partial charge on any atom is 0.312 e. The van der Waals surface area contributed by atoms with Crippen molar-refractivity contribution < 1.29 is 42.7 Å². The van der Waals surface area contributed by atoms with E-state index in [9.17, 15) is 14.7 Å². The predicted octanol–water partition coefficient (Wildman–Crippen LogP) is 4.36. The van der Waals surface area contributed by atoms with Crippen molar-refractivity contribution >= 4 is 16.9 Å². The molecule has 0 amide bonds. The summed E-state index contributed by atoms with van der Waals surface area (Å²) in [5.74, 6) is 0.980. The Kier molecular flexibility index (Phi) is 5.52. The second-order valence-corrected chi connectivity index (χ2v) is 8.75. The zero-order chi connectivity index (χ0) is 26.6. The van der Waals surface area contributed by atoms with Crippen LogP contribution in [0, 0.1) is 0 Å². The molecule has 1 atom stereocenters. The van der Waals surface area contributed by atoms with Crippen molar-refractivity contribution in [1.29, 1.82) is 0 Å². The number of hydrogen-bond donors (Lipinski definition) is 1. The number of methoxy groups -OCH3 is 3. The van der Waals surface area contributed by atoms with Crippen LogP contribution in [0.15, 0.2) is 51.9 Å². The molecule has 0 spiro atoms. The van der Waals surface area contributed by atoms with E-state index in [1.165, 1.54) is 33.7 Å². The smallest absolute Gasteiger partial charge is 0.312 e. The first-order chi connectivity index (χ1) is 18.4. The number of ether oxygens (including phenoxy) is 6. The molecule has 3 heterocycles. The van der Waals surface area contributed by atoms with Gasteiger partial charge in [0.1, 0.15) is 28.7 Å². The van der Waals surface area contributed by atoms with Crippen molar-refractivity contribution in [3.05, 3.63) is 64.0 Å². The third-order valence-electron chi connectivity index (χ3n) is 6.75. The summed E-state index contributed by atoms with van der Waals surface area (Å²) in [5, 5.41) is 10.8. The molecule has 10 nitrogen and oxygen atoms in total. The quantitative estimate of drug-likeness (QED) is 0.301. The highest BCUT2D eigenvalue weighted by Crippen LogP contribution is 2.49. The minimum atomic E-state index is -0.576. The molecule has 3 aromatic carbocycles. The van der Waals surface area contributed by atoms with E-state index in [-0.39, 0.29) is 41.2 Å². The van der Waals surface area contributed by atoms with Crippen molar-refractivity contribution in [1.82, 2.24) is 0 Å². The molecule has 0 saturated heterocycles. The molecule has 0 bridgehead atoms. The monoisotopic (exact) mass is 518 g/mol. The van der Waals surface area contributed by atoms with Crippen LogP contribution in [-0.4, -0.2) is 39.2 Å². The number of phenols is 1. The van der Waals surface area contributed by atoms with Crippen LogP contribution in [0.25, 0.3) is 22.1 Å². The third-order valence-corrected chi connectivity index (χ3v) is 6.75. The highest BCUT2D eigenvalue weighted by Gasteiger charge is 2.35. The summed E-state index contributed by atoms with van der Waals surface area (Å²) in [6.45, 7) is 0.0447. The highest BCUT2D eigenvalue weighted by atomic mass is 16.7. The number of esters is 1. The lowest BCUT2D eigenvalue weighted by Crippen LogP contribution is -2.22. The molecule has 2 aliphatic rings. The number of carbonyl (C=O) groups excluding carboxylic acids is 1. The molecule has 1 aromatic heterocycles. The van der Waals surface area contributed by atoms with E-state index in [0.29, 0.717) is 45.4 Å². The fourth-order valence-corrected chi connectivity index (χ4v) is 4.97. The van der Waals surface area contributed by atoms with E-state index < -0.39 is 17.3 Å². The number of carbonyl (C=O) groups is 1. The summed E-state index contributed by atoms with van der Waals surface area (Å²) in [5.41, 5.74) is 1.50. The largest absolute Gasteiger partial charge is 0.507 e. The predicted molar refractivity (Wildman–Crippen MR) is 134 cm³/mol. The van der Waals surface area contributed by atoms with Crippen LogP contribution in [-0.2, 0) is 4.79 Å². The van der Waals surface area contributed by atoms with Gasteiger partial charge in [-0.25, -0.2) is 0 Å². The molecule has 194 valence electrons. The first kappa shape index (κ1) is 23.5. The van der Waals surface area contributed by atoms with E-state index >= 15 is 0 Å². The average molecular weight is 518 g/mol. The Bertz CT molecular complexity index is 1670. The van der Waals surface area contributed by atoms with Gasteiger partial charge in [0.05, 0.1) is 33.3 Å². The summed E-state index contributed by atoms with van der Waals surface area (Å²) in [7, 11) is 4.52. The second kappa shape index (κ2) is 8.91. The molecule has 4 aromatic rings. The molecule has 2 aliphatic heterocycles. The minimum absolute atomic E-state index is 0.0309. The van der Waals surface area contributed by atoms with Crippen molar-refractivity contribution in [3.8, 4) is 51.4 Å². The molecule has 0 fully saturated rings. The number of hydrogen-bond acceptors (Lipinski definition) is 10. The lowest BCUT2D eigenvalue weighted by Gasteiger charge is -2.26. The van der Waals surface area contributed by atoms with E-state index in [0.717, 1.165) is 0 Å². The van der Waals surface area contributed by atoms with Crippen molar-refractivity contribution in [2.45, 2.75) is 12.3 Å². The number of fused-ring (bicyclic) bond motifs is 4. The van der Waals surface area contributed by atoms with E-state index in [1.54, 1.807) is 30.3 Å². The highest BCUT2D eigenvalue weighted by molar-refractivity contribution is 5.94.